The molecule has 0 amide bonds. The van der Waals surface area contributed by atoms with Crippen LogP contribution in [0.3, 0.4) is 0 Å². The van der Waals surface area contributed by atoms with Gasteiger partial charge in [-0.25, -0.2) is 0 Å². The lowest BCUT2D eigenvalue weighted by atomic mass is 10.6. The quantitative estimate of drug-likeness (QED) is 0.625. The SMILES string of the molecule is CNc1nc(NC)nc(NCCN(C)C)n1. The minimum absolute atomic E-state index is 0.548. The van der Waals surface area contributed by atoms with Gasteiger partial charge in [0.05, 0.1) is 0 Å². The molecular formula is C9H19N7. The molecule has 1 aromatic rings. The van der Waals surface area contributed by atoms with Crippen molar-refractivity contribution in [3.05, 3.63) is 0 Å². The van der Waals surface area contributed by atoms with Gasteiger partial charge in [-0.1, -0.05) is 0 Å². The van der Waals surface area contributed by atoms with Crippen molar-refractivity contribution in [3.8, 4) is 0 Å². The normalized spacial score (nSPS) is 10.3. The van der Waals surface area contributed by atoms with Crippen LogP contribution in [0.5, 0.6) is 0 Å². The van der Waals surface area contributed by atoms with Crippen molar-refractivity contribution in [2.24, 2.45) is 0 Å². The van der Waals surface area contributed by atoms with Gasteiger partial charge in [0.1, 0.15) is 0 Å². The molecule has 0 aliphatic carbocycles. The Balaban J connectivity index is 2.64. The summed E-state index contributed by atoms with van der Waals surface area (Å²) >= 11 is 0. The van der Waals surface area contributed by atoms with Gasteiger partial charge in [0.15, 0.2) is 0 Å². The number of nitrogens with one attached hydrogen (secondary N) is 3. The summed E-state index contributed by atoms with van der Waals surface area (Å²) in [5.41, 5.74) is 0. The lowest BCUT2D eigenvalue weighted by molar-refractivity contribution is 0.425. The van der Waals surface area contributed by atoms with Gasteiger partial charge in [-0.05, 0) is 14.1 Å². The lowest BCUT2D eigenvalue weighted by Crippen LogP contribution is -2.22. The van der Waals surface area contributed by atoms with Gasteiger partial charge in [0.25, 0.3) is 0 Å². The molecule has 1 rings (SSSR count). The Labute approximate surface area is 95.7 Å². The monoisotopic (exact) mass is 225 g/mol. The molecule has 16 heavy (non-hydrogen) atoms. The Morgan fingerprint density at radius 1 is 0.938 bits per heavy atom. The topological polar surface area (TPSA) is 78.0 Å². The zero-order valence-electron chi connectivity index (χ0n) is 10.2. The minimum Gasteiger partial charge on any atom is -0.357 e. The highest BCUT2D eigenvalue weighted by Crippen LogP contribution is 2.07. The van der Waals surface area contributed by atoms with Crippen LogP contribution in [-0.2, 0) is 0 Å². The summed E-state index contributed by atoms with van der Waals surface area (Å²) in [6.07, 6.45) is 0. The van der Waals surface area contributed by atoms with Crippen LogP contribution in [-0.4, -0.2) is 61.1 Å². The predicted molar refractivity (Wildman–Crippen MR) is 66.0 cm³/mol. The van der Waals surface area contributed by atoms with E-state index in [1.54, 1.807) is 14.1 Å². The molecule has 0 bridgehead atoms. The Hall–Kier alpha value is -1.63. The van der Waals surface area contributed by atoms with E-state index in [4.69, 9.17) is 0 Å². The van der Waals surface area contributed by atoms with E-state index in [9.17, 15) is 0 Å². The molecule has 0 saturated heterocycles. The minimum atomic E-state index is 0.548. The molecule has 0 saturated carbocycles. The molecule has 0 unspecified atom stereocenters. The third-order valence-electron chi connectivity index (χ3n) is 1.92. The maximum absolute atomic E-state index is 4.19. The van der Waals surface area contributed by atoms with Crippen molar-refractivity contribution < 1.29 is 0 Å². The van der Waals surface area contributed by atoms with Crippen molar-refractivity contribution in [3.63, 3.8) is 0 Å². The molecule has 0 fully saturated rings. The van der Waals surface area contributed by atoms with Gasteiger partial charge in [-0.3, -0.25) is 0 Å². The van der Waals surface area contributed by atoms with Crippen LogP contribution < -0.4 is 16.0 Å². The van der Waals surface area contributed by atoms with Crippen LogP contribution in [0.4, 0.5) is 17.8 Å². The predicted octanol–water partition coefficient (Wildman–Crippen LogP) is -0.0715. The summed E-state index contributed by atoms with van der Waals surface area (Å²) < 4.78 is 0. The maximum atomic E-state index is 4.19. The molecule has 0 radical (unpaired) electrons. The highest BCUT2D eigenvalue weighted by Gasteiger charge is 2.03. The highest BCUT2D eigenvalue weighted by atomic mass is 15.3. The van der Waals surface area contributed by atoms with Gasteiger partial charge in [0, 0.05) is 27.2 Å². The average molecular weight is 225 g/mol. The number of anilines is 3. The van der Waals surface area contributed by atoms with E-state index in [2.05, 4.69) is 35.8 Å². The molecule has 3 N–H and O–H groups in total. The van der Waals surface area contributed by atoms with Crippen molar-refractivity contribution in [1.82, 2.24) is 19.9 Å². The fourth-order valence-corrected chi connectivity index (χ4v) is 1.07. The number of hydrogen-bond acceptors (Lipinski definition) is 7. The summed E-state index contributed by atoms with van der Waals surface area (Å²) in [5, 5.41) is 8.92. The summed E-state index contributed by atoms with van der Waals surface area (Å²) in [5.74, 6) is 1.67. The van der Waals surface area contributed by atoms with Crippen LogP contribution in [0.15, 0.2) is 0 Å². The molecule has 1 heterocycles. The first-order chi connectivity index (χ1) is 7.65. The number of likely N-dealkylation sites (N-methyl/N-ethyl adjacent to an activating group) is 1. The van der Waals surface area contributed by atoms with Gasteiger partial charge in [-0.15, -0.1) is 0 Å². The summed E-state index contributed by atoms with van der Waals surface area (Å²) in [7, 11) is 7.59. The molecule has 7 heteroatoms. The second-order valence-corrected chi connectivity index (χ2v) is 3.54. The molecular weight excluding hydrogens is 206 g/mol. The van der Waals surface area contributed by atoms with E-state index in [-0.39, 0.29) is 0 Å². The van der Waals surface area contributed by atoms with E-state index in [0.717, 1.165) is 13.1 Å². The fraction of sp³-hybridized carbons (Fsp3) is 0.667. The van der Waals surface area contributed by atoms with E-state index in [1.807, 2.05) is 14.1 Å². The maximum Gasteiger partial charge on any atom is 0.229 e. The number of nitrogens with zero attached hydrogens (tertiary/aromatic N) is 4. The Bertz CT molecular complexity index is 303. The van der Waals surface area contributed by atoms with Gasteiger partial charge >= 0.3 is 0 Å². The van der Waals surface area contributed by atoms with Gasteiger partial charge in [-0.2, -0.15) is 15.0 Å². The first-order valence-corrected chi connectivity index (χ1v) is 5.16. The molecule has 0 aliphatic heterocycles. The molecule has 90 valence electrons. The van der Waals surface area contributed by atoms with Crippen molar-refractivity contribution in [2.45, 2.75) is 0 Å². The number of aromatic nitrogens is 3. The second-order valence-electron chi connectivity index (χ2n) is 3.54. The van der Waals surface area contributed by atoms with Crippen LogP contribution in [0.25, 0.3) is 0 Å². The molecule has 0 spiro atoms. The number of rotatable bonds is 6. The van der Waals surface area contributed by atoms with E-state index >= 15 is 0 Å². The molecule has 0 atom stereocenters. The average Bonchev–Trinajstić information content (AvgIpc) is 2.28. The Morgan fingerprint density at radius 3 is 1.88 bits per heavy atom. The highest BCUT2D eigenvalue weighted by molar-refractivity contribution is 5.41. The molecule has 0 aromatic carbocycles. The molecule has 0 aliphatic rings. The van der Waals surface area contributed by atoms with Crippen molar-refractivity contribution in [2.75, 3.05) is 57.2 Å². The van der Waals surface area contributed by atoms with E-state index in [1.165, 1.54) is 0 Å². The number of hydrogen-bond donors (Lipinski definition) is 3. The Kier molecular flexibility index (Phi) is 4.71. The summed E-state index contributed by atoms with van der Waals surface area (Å²) in [4.78, 5) is 14.6. The fourth-order valence-electron chi connectivity index (χ4n) is 1.07. The molecule has 1 aromatic heterocycles. The summed E-state index contributed by atoms with van der Waals surface area (Å²) in [6, 6.07) is 0. The van der Waals surface area contributed by atoms with Crippen LogP contribution >= 0.6 is 0 Å². The summed E-state index contributed by atoms with van der Waals surface area (Å²) in [6.45, 7) is 1.72. The third kappa shape index (κ3) is 3.85. The molecule has 7 nitrogen and oxygen atoms in total. The van der Waals surface area contributed by atoms with Gasteiger partial charge in [0.2, 0.25) is 17.8 Å². The standard InChI is InChI=1S/C9H19N7/c1-10-7-13-8(11-2)15-9(14-7)12-5-6-16(3)4/h5-6H2,1-4H3,(H3,10,11,12,13,14,15). The lowest BCUT2D eigenvalue weighted by Gasteiger charge is -2.11. The zero-order chi connectivity index (χ0) is 12.0. The smallest absolute Gasteiger partial charge is 0.229 e. The largest absolute Gasteiger partial charge is 0.357 e. The van der Waals surface area contributed by atoms with Crippen LogP contribution in [0.2, 0.25) is 0 Å². The first kappa shape index (κ1) is 12.4. The Morgan fingerprint density at radius 2 is 1.44 bits per heavy atom. The van der Waals surface area contributed by atoms with Crippen molar-refractivity contribution >= 4 is 17.8 Å². The van der Waals surface area contributed by atoms with Crippen LogP contribution in [0.1, 0.15) is 0 Å². The second kappa shape index (κ2) is 6.06. The van der Waals surface area contributed by atoms with E-state index < -0.39 is 0 Å². The third-order valence-corrected chi connectivity index (χ3v) is 1.92. The zero-order valence-corrected chi connectivity index (χ0v) is 10.2. The van der Waals surface area contributed by atoms with E-state index in [0.29, 0.717) is 17.8 Å². The van der Waals surface area contributed by atoms with Crippen LogP contribution in [0, 0.1) is 0 Å². The first-order valence-electron chi connectivity index (χ1n) is 5.16. The van der Waals surface area contributed by atoms with Crippen molar-refractivity contribution in [1.29, 1.82) is 0 Å². The van der Waals surface area contributed by atoms with Gasteiger partial charge < -0.3 is 20.9 Å².